The summed E-state index contributed by atoms with van der Waals surface area (Å²) in [5.41, 5.74) is 2.58. The second-order valence-electron chi connectivity index (χ2n) is 4.75. The van der Waals surface area contributed by atoms with Gasteiger partial charge >= 0.3 is 0 Å². The fraction of sp³-hybridized carbons (Fsp3) is 0.118. The quantitative estimate of drug-likeness (QED) is 0.797. The lowest BCUT2D eigenvalue weighted by atomic mass is 10.1. The minimum Gasteiger partial charge on any atom is -0.493 e. The van der Waals surface area contributed by atoms with Crippen molar-refractivity contribution < 1.29 is 9.47 Å². The maximum atomic E-state index is 9.38. The number of pyridine rings is 2. The molecule has 114 valence electrons. The van der Waals surface area contributed by atoms with Crippen LogP contribution in [0.1, 0.15) is 5.56 Å². The first kappa shape index (κ1) is 14.6. The van der Waals surface area contributed by atoms with Gasteiger partial charge in [-0.3, -0.25) is 9.97 Å². The van der Waals surface area contributed by atoms with Crippen LogP contribution >= 0.6 is 0 Å². The number of aromatic nitrogens is 2. The monoisotopic (exact) mass is 306 g/mol. The molecule has 6 heteroatoms. The van der Waals surface area contributed by atoms with Gasteiger partial charge in [-0.1, -0.05) is 0 Å². The first-order valence-electron chi connectivity index (χ1n) is 6.88. The number of rotatable bonds is 4. The number of fused-ring (bicyclic) bond motifs is 1. The van der Waals surface area contributed by atoms with E-state index >= 15 is 0 Å². The number of ether oxygens (including phenoxy) is 2. The Morgan fingerprint density at radius 2 is 1.91 bits per heavy atom. The van der Waals surface area contributed by atoms with Crippen LogP contribution in [-0.2, 0) is 0 Å². The number of hydrogen-bond donors (Lipinski definition) is 1. The Kier molecular flexibility index (Phi) is 3.93. The summed E-state index contributed by atoms with van der Waals surface area (Å²) < 4.78 is 10.6. The molecule has 0 aliphatic heterocycles. The SMILES string of the molecule is COc1cc2ncc(C#N)c(Nc3cccnc3)c2cc1OC. The molecule has 0 spiro atoms. The van der Waals surface area contributed by atoms with Gasteiger partial charge in [0.15, 0.2) is 11.5 Å². The van der Waals surface area contributed by atoms with Gasteiger partial charge in [-0.15, -0.1) is 0 Å². The van der Waals surface area contributed by atoms with Crippen LogP contribution in [0.2, 0.25) is 0 Å². The van der Waals surface area contributed by atoms with E-state index in [-0.39, 0.29) is 0 Å². The number of hydrogen-bond acceptors (Lipinski definition) is 6. The van der Waals surface area contributed by atoms with Crippen LogP contribution in [0.3, 0.4) is 0 Å². The molecule has 0 radical (unpaired) electrons. The van der Waals surface area contributed by atoms with Gasteiger partial charge in [0, 0.05) is 23.8 Å². The number of nitrogens with zero attached hydrogens (tertiary/aromatic N) is 3. The van der Waals surface area contributed by atoms with E-state index in [4.69, 9.17) is 9.47 Å². The minimum absolute atomic E-state index is 0.438. The highest BCUT2D eigenvalue weighted by atomic mass is 16.5. The topological polar surface area (TPSA) is 80.1 Å². The van der Waals surface area contributed by atoms with E-state index in [1.807, 2.05) is 12.1 Å². The lowest BCUT2D eigenvalue weighted by molar-refractivity contribution is 0.356. The Hall–Kier alpha value is -3.33. The first-order chi connectivity index (χ1) is 11.3. The summed E-state index contributed by atoms with van der Waals surface area (Å²) in [4.78, 5) is 8.40. The molecule has 0 saturated carbocycles. The molecule has 3 rings (SSSR count). The van der Waals surface area contributed by atoms with Gasteiger partial charge in [0.2, 0.25) is 0 Å². The van der Waals surface area contributed by atoms with Crippen LogP contribution < -0.4 is 14.8 Å². The van der Waals surface area contributed by atoms with Crippen LogP contribution in [0.4, 0.5) is 11.4 Å². The van der Waals surface area contributed by atoms with Crippen LogP contribution in [0.5, 0.6) is 11.5 Å². The lowest BCUT2D eigenvalue weighted by Gasteiger charge is -2.14. The fourth-order valence-corrected chi connectivity index (χ4v) is 2.32. The summed E-state index contributed by atoms with van der Waals surface area (Å²) in [5.74, 6) is 1.16. The van der Waals surface area contributed by atoms with E-state index in [1.54, 1.807) is 38.7 Å². The molecule has 6 nitrogen and oxygen atoms in total. The van der Waals surface area contributed by atoms with Crippen molar-refractivity contribution in [1.29, 1.82) is 5.26 Å². The highest BCUT2D eigenvalue weighted by molar-refractivity contribution is 5.97. The smallest absolute Gasteiger partial charge is 0.162 e. The van der Waals surface area contributed by atoms with Crippen molar-refractivity contribution in [3.05, 3.63) is 48.4 Å². The summed E-state index contributed by atoms with van der Waals surface area (Å²) in [6.45, 7) is 0. The van der Waals surface area contributed by atoms with E-state index in [1.165, 1.54) is 6.20 Å². The Morgan fingerprint density at radius 3 is 2.57 bits per heavy atom. The van der Waals surface area contributed by atoms with Gasteiger partial charge in [0.1, 0.15) is 6.07 Å². The van der Waals surface area contributed by atoms with Gasteiger partial charge in [-0.25, -0.2) is 0 Å². The molecular weight excluding hydrogens is 292 g/mol. The maximum absolute atomic E-state index is 9.38. The normalized spacial score (nSPS) is 10.1. The summed E-state index contributed by atoms with van der Waals surface area (Å²) in [6, 6.07) is 9.44. The van der Waals surface area contributed by atoms with Crippen molar-refractivity contribution in [2.45, 2.75) is 0 Å². The molecule has 0 bridgehead atoms. The molecule has 23 heavy (non-hydrogen) atoms. The van der Waals surface area contributed by atoms with Crippen molar-refractivity contribution in [3.8, 4) is 17.6 Å². The molecule has 0 aliphatic carbocycles. The average Bonchev–Trinajstić information content (AvgIpc) is 2.61. The van der Waals surface area contributed by atoms with E-state index in [0.29, 0.717) is 28.3 Å². The summed E-state index contributed by atoms with van der Waals surface area (Å²) in [5, 5.41) is 13.4. The second kappa shape index (κ2) is 6.20. The predicted octanol–water partition coefficient (Wildman–Crippen LogP) is 3.26. The standard InChI is InChI=1S/C17H14N4O2/c1-22-15-6-13-14(7-16(15)23-2)20-9-11(8-18)17(13)21-12-4-3-5-19-10-12/h3-7,9-10H,1-2H3,(H,20,21). The third-order valence-corrected chi connectivity index (χ3v) is 3.42. The van der Waals surface area contributed by atoms with Gasteiger partial charge in [-0.2, -0.15) is 5.26 Å². The van der Waals surface area contributed by atoms with Crippen molar-refractivity contribution in [1.82, 2.24) is 9.97 Å². The third kappa shape index (κ3) is 2.72. The molecule has 1 aromatic carbocycles. The summed E-state index contributed by atoms with van der Waals surface area (Å²) in [6.07, 6.45) is 4.91. The second-order valence-corrected chi connectivity index (χ2v) is 4.75. The number of benzene rings is 1. The lowest BCUT2D eigenvalue weighted by Crippen LogP contribution is -1.98. The van der Waals surface area contributed by atoms with Crippen molar-refractivity contribution in [3.63, 3.8) is 0 Å². The molecule has 0 amide bonds. The molecule has 3 aromatic rings. The summed E-state index contributed by atoms with van der Waals surface area (Å²) >= 11 is 0. The Balaban J connectivity index is 2.22. The predicted molar refractivity (Wildman–Crippen MR) is 87.1 cm³/mol. The number of methoxy groups -OCH3 is 2. The van der Waals surface area contributed by atoms with E-state index in [9.17, 15) is 5.26 Å². The number of anilines is 2. The van der Waals surface area contributed by atoms with Crippen LogP contribution in [-0.4, -0.2) is 24.2 Å². The molecule has 0 atom stereocenters. The zero-order valence-corrected chi connectivity index (χ0v) is 12.7. The molecule has 0 saturated heterocycles. The molecule has 2 heterocycles. The molecule has 0 fully saturated rings. The van der Waals surface area contributed by atoms with Crippen molar-refractivity contribution in [2.75, 3.05) is 19.5 Å². The zero-order chi connectivity index (χ0) is 16.2. The molecule has 2 aromatic heterocycles. The van der Waals surface area contributed by atoms with E-state index < -0.39 is 0 Å². The molecule has 0 aliphatic rings. The summed E-state index contributed by atoms with van der Waals surface area (Å²) in [7, 11) is 3.14. The largest absolute Gasteiger partial charge is 0.493 e. The maximum Gasteiger partial charge on any atom is 0.162 e. The number of nitrogens with one attached hydrogen (secondary N) is 1. The van der Waals surface area contributed by atoms with Crippen LogP contribution in [0, 0.1) is 11.3 Å². The third-order valence-electron chi connectivity index (χ3n) is 3.42. The van der Waals surface area contributed by atoms with Crippen LogP contribution in [0.15, 0.2) is 42.9 Å². The Bertz CT molecular complexity index is 888. The van der Waals surface area contributed by atoms with Crippen LogP contribution in [0.25, 0.3) is 10.9 Å². The average molecular weight is 306 g/mol. The van der Waals surface area contributed by atoms with Gasteiger partial charge in [0.25, 0.3) is 0 Å². The van der Waals surface area contributed by atoms with Gasteiger partial charge < -0.3 is 14.8 Å². The molecular formula is C17H14N4O2. The van der Waals surface area contributed by atoms with Gasteiger partial charge in [-0.05, 0) is 18.2 Å². The van der Waals surface area contributed by atoms with Crippen molar-refractivity contribution >= 4 is 22.3 Å². The zero-order valence-electron chi connectivity index (χ0n) is 12.7. The minimum atomic E-state index is 0.438. The molecule has 1 N–H and O–H groups in total. The highest BCUT2D eigenvalue weighted by Crippen LogP contribution is 2.36. The molecule has 0 unspecified atom stereocenters. The number of nitriles is 1. The highest BCUT2D eigenvalue weighted by Gasteiger charge is 2.14. The van der Waals surface area contributed by atoms with Crippen molar-refractivity contribution in [2.24, 2.45) is 0 Å². The Labute approximate surface area is 133 Å². The van der Waals surface area contributed by atoms with Gasteiger partial charge in [0.05, 0.1) is 42.9 Å². The van der Waals surface area contributed by atoms with E-state index in [2.05, 4.69) is 21.4 Å². The fourth-order valence-electron chi connectivity index (χ4n) is 2.32. The first-order valence-corrected chi connectivity index (χ1v) is 6.88. The van der Waals surface area contributed by atoms with E-state index in [0.717, 1.165) is 11.1 Å². The Morgan fingerprint density at radius 1 is 1.13 bits per heavy atom.